The fourth-order valence-electron chi connectivity index (χ4n) is 2.40. The summed E-state index contributed by atoms with van der Waals surface area (Å²) < 4.78 is 1.96. The number of rotatable bonds is 2. The molecule has 1 unspecified atom stereocenters. The number of aryl methyl sites for hydroxylation is 1. The Morgan fingerprint density at radius 1 is 1.11 bits per heavy atom. The second kappa shape index (κ2) is 4.17. The summed E-state index contributed by atoms with van der Waals surface area (Å²) >= 11 is 0. The van der Waals surface area contributed by atoms with Crippen molar-refractivity contribution in [1.82, 2.24) is 14.5 Å². The van der Waals surface area contributed by atoms with Gasteiger partial charge in [0, 0.05) is 13.2 Å². The summed E-state index contributed by atoms with van der Waals surface area (Å²) in [5.74, 6) is 0.812. The quantitative estimate of drug-likeness (QED) is 0.760. The molecular weight excluding hydrogens is 236 g/mol. The summed E-state index contributed by atoms with van der Waals surface area (Å²) in [6, 6.07) is 13.8. The molecule has 0 bridgehead atoms. The summed E-state index contributed by atoms with van der Waals surface area (Å²) in [5, 5.41) is 0. The molecule has 1 aromatic carbocycles. The van der Waals surface area contributed by atoms with Crippen LogP contribution in [-0.2, 0) is 12.6 Å². The highest BCUT2D eigenvalue weighted by Gasteiger charge is 2.29. The minimum atomic E-state index is -0.642. The minimum absolute atomic E-state index is 0.642. The first-order valence-electron chi connectivity index (χ1n) is 6.23. The maximum atomic E-state index is 6.51. The Bertz CT molecular complexity index is 713. The molecule has 0 aliphatic rings. The lowest BCUT2D eigenvalue weighted by Crippen LogP contribution is -2.37. The van der Waals surface area contributed by atoms with E-state index < -0.39 is 5.54 Å². The molecule has 0 radical (unpaired) electrons. The predicted molar refractivity (Wildman–Crippen MR) is 75.6 cm³/mol. The van der Waals surface area contributed by atoms with Crippen LogP contribution < -0.4 is 5.73 Å². The number of imidazole rings is 1. The summed E-state index contributed by atoms with van der Waals surface area (Å²) in [6.07, 6.45) is 1.77. The Hall–Kier alpha value is -2.20. The molecule has 96 valence electrons. The zero-order valence-corrected chi connectivity index (χ0v) is 11.0. The van der Waals surface area contributed by atoms with Crippen LogP contribution in [0.4, 0.5) is 0 Å². The van der Waals surface area contributed by atoms with Crippen molar-refractivity contribution in [2.45, 2.75) is 12.5 Å². The lowest BCUT2D eigenvalue weighted by molar-refractivity contribution is 0.537. The van der Waals surface area contributed by atoms with Crippen LogP contribution in [-0.4, -0.2) is 14.5 Å². The van der Waals surface area contributed by atoms with Crippen LogP contribution in [0.15, 0.2) is 48.7 Å². The number of benzene rings is 1. The molecule has 0 fully saturated rings. The lowest BCUT2D eigenvalue weighted by Gasteiger charge is -2.24. The van der Waals surface area contributed by atoms with Crippen LogP contribution in [0.2, 0.25) is 0 Å². The topological polar surface area (TPSA) is 56.7 Å². The molecule has 0 saturated heterocycles. The SMILES string of the molecule is Cn1c(C(C)(N)c2ccccc2)nc2cccnc21. The van der Waals surface area contributed by atoms with Crippen LogP contribution >= 0.6 is 0 Å². The van der Waals surface area contributed by atoms with Gasteiger partial charge in [-0.25, -0.2) is 9.97 Å². The van der Waals surface area contributed by atoms with E-state index in [0.29, 0.717) is 0 Å². The molecule has 0 aliphatic carbocycles. The van der Waals surface area contributed by atoms with E-state index in [1.54, 1.807) is 6.20 Å². The summed E-state index contributed by atoms with van der Waals surface area (Å²) in [7, 11) is 1.95. The number of hydrogen-bond donors (Lipinski definition) is 1. The second-order valence-corrected chi connectivity index (χ2v) is 4.91. The molecule has 0 saturated carbocycles. The third kappa shape index (κ3) is 1.81. The first kappa shape index (κ1) is 11.9. The highest BCUT2D eigenvalue weighted by Crippen LogP contribution is 2.27. The molecule has 2 aromatic heterocycles. The van der Waals surface area contributed by atoms with Crippen molar-refractivity contribution >= 4 is 11.2 Å². The van der Waals surface area contributed by atoms with Gasteiger partial charge in [0.05, 0.1) is 5.54 Å². The average Bonchev–Trinajstić information content (AvgIpc) is 2.78. The number of nitrogens with zero attached hydrogens (tertiary/aromatic N) is 3. The van der Waals surface area contributed by atoms with E-state index in [2.05, 4.69) is 9.97 Å². The van der Waals surface area contributed by atoms with Crippen molar-refractivity contribution in [2.24, 2.45) is 12.8 Å². The highest BCUT2D eigenvalue weighted by atomic mass is 15.1. The number of aromatic nitrogens is 3. The average molecular weight is 252 g/mol. The molecule has 2 heterocycles. The Labute approximate surface area is 111 Å². The Morgan fingerprint density at radius 2 is 1.84 bits per heavy atom. The van der Waals surface area contributed by atoms with Gasteiger partial charge < -0.3 is 10.3 Å². The number of pyridine rings is 1. The summed E-state index contributed by atoms with van der Waals surface area (Å²) in [4.78, 5) is 8.99. The predicted octanol–water partition coefficient (Wildman–Crippen LogP) is 2.19. The number of hydrogen-bond acceptors (Lipinski definition) is 3. The fourth-order valence-corrected chi connectivity index (χ4v) is 2.40. The van der Waals surface area contributed by atoms with Gasteiger partial charge in [0.25, 0.3) is 0 Å². The number of nitrogens with two attached hydrogens (primary N) is 1. The molecular formula is C15H16N4. The van der Waals surface area contributed by atoms with Crippen molar-refractivity contribution in [2.75, 3.05) is 0 Å². The first-order chi connectivity index (χ1) is 9.10. The van der Waals surface area contributed by atoms with Gasteiger partial charge >= 0.3 is 0 Å². The standard InChI is InChI=1S/C15H16N4/c1-15(16,11-7-4-3-5-8-11)14-18-12-9-6-10-17-13(12)19(14)2/h3-10H,16H2,1-2H3. The molecule has 4 heteroatoms. The van der Waals surface area contributed by atoms with Crippen LogP contribution in [0.1, 0.15) is 18.3 Å². The third-order valence-corrected chi connectivity index (χ3v) is 3.47. The molecule has 4 nitrogen and oxygen atoms in total. The van der Waals surface area contributed by atoms with Gasteiger partial charge in [-0.05, 0) is 24.6 Å². The van der Waals surface area contributed by atoms with Crippen molar-refractivity contribution in [3.05, 3.63) is 60.0 Å². The van der Waals surface area contributed by atoms with Crippen molar-refractivity contribution in [3.8, 4) is 0 Å². The fraction of sp³-hybridized carbons (Fsp3) is 0.200. The Morgan fingerprint density at radius 3 is 2.53 bits per heavy atom. The number of fused-ring (bicyclic) bond motifs is 1. The smallest absolute Gasteiger partial charge is 0.159 e. The monoisotopic (exact) mass is 252 g/mol. The van der Waals surface area contributed by atoms with Gasteiger partial charge in [0.15, 0.2) is 5.65 Å². The first-order valence-corrected chi connectivity index (χ1v) is 6.23. The van der Waals surface area contributed by atoms with Crippen molar-refractivity contribution in [1.29, 1.82) is 0 Å². The maximum Gasteiger partial charge on any atom is 0.159 e. The van der Waals surface area contributed by atoms with Crippen molar-refractivity contribution in [3.63, 3.8) is 0 Å². The molecule has 3 aromatic rings. The lowest BCUT2D eigenvalue weighted by atomic mass is 9.92. The molecule has 19 heavy (non-hydrogen) atoms. The molecule has 1 atom stereocenters. The molecule has 0 spiro atoms. The minimum Gasteiger partial charge on any atom is -0.315 e. The van der Waals surface area contributed by atoms with Gasteiger partial charge in [-0.15, -0.1) is 0 Å². The molecule has 2 N–H and O–H groups in total. The van der Waals surface area contributed by atoms with E-state index in [4.69, 9.17) is 5.73 Å². The molecule has 0 aliphatic heterocycles. The Kier molecular flexibility index (Phi) is 2.61. The second-order valence-electron chi connectivity index (χ2n) is 4.91. The van der Waals surface area contributed by atoms with Gasteiger partial charge in [0.1, 0.15) is 11.3 Å². The van der Waals surface area contributed by atoms with Gasteiger partial charge in [0.2, 0.25) is 0 Å². The Balaban J connectivity index is 2.21. The van der Waals surface area contributed by atoms with Gasteiger partial charge in [-0.1, -0.05) is 30.3 Å². The van der Waals surface area contributed by atoms with Gasteiger partial charge in [-0.3, -0.25) is 0 Å². The van der Waals surface area contributed by atoms with Gasteiger partial charge in [-0.2, -0.15) is 0 Å². The zero-order valence-electron chi connectivity index (χ0n) is 11.0. The van der Waals surface area contributed by atoms with Crippen LogP contribution in [0.3, 0.4) is 0 Å². The normalized spacial score (nSPS) is 14.5. The highest BCUT2D eigenvalue weighted by molar-refractivity contribution is 5.71. The zero-order chi connectivity index (χ0) is 13.5. The molecule has 0 amide bonds. The largest absolute Gasteiger partial charge is 0.315 e. The summed E-state index contributed by atoms with van der Waals surface area (Å²) in [6.45, 7) is 1.98. The van der Waals surface area contributed by atoms with E-state index in [-0.39, 0.29) is 0 Å². The molecule has 3 rings (SSSR count). The van der Waals surface area contributed by atoms with Crippen molar-refractivity contribution < 1.29 is 0 Å². The van der Waals surface area contributed by atoms with E-state index in [1.165, 1.54) is 0 Å². The van der Waals surface area contributed by atoms with E-state index >= 15 is 0 Å². The third-order valence-electron chi connectivity index (χ3n) is 3.47. The van der Waals surface area contributed by atoms with Crippen LogP contribution in [0.5, 0.6) is 0 Å². The van der Waals surface area contributed by atoms with Crippen LogP contribution in [0, 0.1) is 0 Å². The van der Waals surface area contributed by atoms with E-state index in [9.17, 15) is 0 Å². The van der Waals surface area contributed by atoms with E-state index in [0.717, 1.165) is 22.6 Å². The van der Waals surface area contributed by atoms with Crippen LogP contribution in [0.25, 0.3) is 11.2 Å². The van der Waals surface area contributed by atoms with E-state index in [1.807, 2.05) is 61.0 Å². The maximum absolute atomic E-state index is 6.51. The summed E-state index contributed by atoms with van der Waals surface area (Å²) in [5.41, 5.74) is 8.63.